The highest BCUT2D eigenvalue weighted by Crippen LogP contribution is 2.40. The molecule has 0 saturated heterocycles. The number of carbonyl (C=O) groups excluding carboxylic acids is 1. The molecule has 0 aliphatic heterocycles. The quantitative estimate of drug-likeness (QED) is 0.683. The van der Waals surface area contributed by atoms with E-state index in [0.717, 1.165) is 17.6 Å². The molecule has 0 N–H and O–H groups in total. The standard InChI is InChI=1S/C6H3Br3OS/c1-2(10)5-3(7)4(8)6(9)11-5/h1H3. The summed E-state index contributed by atoms with van der Waals surface area (Å²) in [5.41, 5.74) is 0. The van der Waals surface area contributed by atoms with Gasteiger partial charge in [-0.2, -0.15) is 0 Å². The molecule has 0 spiro atoms. The van der Waals surface area contributed by atoms with E-state index in [1.165, 1.54) is 11.3 Å². The van der Waals surface area contributed by atoms with E-state index >= 15 is 0 Å². The van der Waals surface area contributed by atoms with E-state index in [1.54, 1.807) is 6.92 Å². The van der Waals surface area contributed by atoms with Gasteiger partial charge in [0.1, 0.15) is 0 Å². The van der Waals surface area contributed by atoms with Gasteiger partial charge < -0.3 is 0 Å². The average Bonchev–Trinajstić information content (AvgIpc) is 2.17. The van der Waals surface area contributed by atoms with Crippen molar-refractivity contribution in [3.8, 4) is 0 Å². The molecule has 0 fully saturated rings. The summed E-state index contributed by atoms with van der Waals surface area (Å²) in [6.45, 7) is 1.55. The van der Waals surface area contributed by atoms with Crippen LogP contribution in [0, 0.1) is 0 Å². The second-order valence-electron chi connectivity index (χ2n) is 1.89. The molecule has 0 radical (unpaired) electrons. The fraction of sp³-hybridized carbons (Fsp3) is 0.167. The number of rotatable bonds is 1. The maximum absolute atomic E-state index is 11.0. The summed E-state index contributed by atoms with van der Waals surface area (Å²) in [7, 11) is 0. The van der Waals surface area contributed by atoms with Crippen LogP contribution in [0.2, 0.25) is 0 Å². The smallest absolute Gasteiger partial charge is 0.170 e. The van der Waals surface area contributed by atoms with E-state index in [1.807, 2.05) is 0 Å². The second-order valence-corrected chi connectivity index (χ2v) is 5.81. The molecular weight excluding hydrogens is 360 g/mol. The molecule has 0 amide bonds. The third-order valence-corrected chi connectivity index (χ3v) is 6.21. The predicted molar refractivity (Wildman–Crippen MR) is 57.4 cm³/mol. The summed E-state index contributed by atoms with van der Waals surface area (Å²) in [5.74, 6) is 0.0771. The number of carbonyl (C=O) groups is 1. The predicted octanol–water partition coefficient (Wildman–Crippen LogP) is 4.24. The summed E-state index contributed by atoms with van der Waals surface area (Å²) in [6.07, 6.45) is 0. The third-order valence-electron chi connectivity index (χ3n) is 1.08. The minimum Gasteiger partial charge on any atom is -0.294 e. The Hall–Kier alpha value is 0.810. The Balaban J connectivity index is 3.29. The molecule has 1 aromatic rings. The minimum absolute atomic E-state index is 0.0771. The van der Waals surface area contributed by atoms with Crippen LogP contribution < -0.4 is 0 Å². The van der Waals surface area contributed by atoms with Crippen LogP contribution >= 0.6 is 59.1 Å². The van der Waals surface area contributed by atoms with E-state index < -0.39 is 0 Å². The molecule has 0 aliphatic rings. The molecule has 1 nitrogen and oxygen atoms in total. The SMILES string of the molecule is CC(=O)c1sc(Br)c(Br)c1Br. The van der Waals surface area contributed by atoms with Crippen LogP contribution in [0.4, 0.5) is 0 Å². The van der Waals surface area contributed by atoms with Crippen LogP contribution in [0.25, 0.3) is 0 Å². The van der Waals surface area contributed by atoms with Crippen molar-refractivity contribution in [1.29, 1.82) is 0 Å². The van der Waals surface area contributed by atoms with Gasteiger partial charge in [-0.05, 0) is 54.7 Å². The molecule has 0 unspecified atom stereocenters. The van der Waals surface area contributed by atoms with Crippen molar-refractivity contribution in [3.05, 3.63) is 17.6 Å². The maximum Gasteiger partial charge on any atom is 0.170 e. The first kappa shape index (κ1) is 9.89. The highest BCUT2D eigenvalue weighted by molar-refractivity contribution is 9.14. The van der Waals surface area contributed by atoms with Crippen molar-refractivity contribution < 1.29 is 4.79 Å². The maximum atomic E-state index is 11.0. The van der Waals surface area contributed by atoms with E-state index in [4.69, 9.17) is 0 Å². The van der Waals surface area contributed by atoms with Gasteiger partial charge in [0.2, 0.25) is 0 Å². The Morgan fingerprint density at radius 1 is 1.27 bits per heavy atom. The normalized spacial score (nSPS) is 10.2. The number of Topliss-reactive ketones (excluding diaryl/α,β-unsaturated/α-hetero) is 1. The van der Waals surface area contributed by atoms with Gasteiger partial charge in [-0.3, -0.25) is 4.79 Å². The van der Waals surface area contributed by atoms with E-state index in [2.05, 4.69) is 47.8 Å². The lowest BCUT2D eigenvalue weighted by Gasteiger charge is -1.88. The molecule has 0 atom stereocenters. The lowest BCUT2D eigenvalue weighted by molar-refractivity contribution is 0.102. The zero-order valence-corrected chi connectivity index (χ0v) is 11.0. The Morgan fingerprint density at radius 2 is 1.82 bits per heavy atom. The molecule has 60 valence electrons. The monoisotopic (exact) mass is 360 g/mol. The first-order valence-corrected chi connectivity index (χ1v) is 5.87. The van der Waals surface area contributed by atoms with Gasteiger partial charge >= 0.3 is 0 Å². The molecule has 1 aromatic heterocycles. The molecule has 0 aromatic carbocycles. The molecule has 5 heteroatoms. The molecule has 0 aliphatic carbocycles. The second kappa shape index (κ2) is 3.68. The summed E-state index contributed by atoms with van der Waals surface area (Å²) in [5, 5.41) is 0. The van der Waals surface area contributed by atoms with Crippen LogP contribution in [-0.4, -0.2) is 5.78 Å². The van der Waals surface area contributed by atoms with Gasteiger partial charge in [0.25, 0.3) is 0 Å². The first-order valence-electron chi connectivity index (χ1n) is 2.68. The third kappa shape index (κ3) is 1.94. The number of hydrogen-bond donors (Lipinski definition) is 0. The van der Waals surface area contributed by atoms with Crippen LogP contribution in [0.3, 0.4) is 0 Å². The number of halogens is 3. The van der Waals surface area contributed by atoms with Crippen LogP contribution in [-0.2, 0) is 0 Å². The Morgan fingerprint density at radius 3 is 2.00 bits per heavy atom. The van der Waals surface area contributed by atoms with E-state index in [-0.39, 0.29) is 5.78 Å². The lowest BCUT2D eigenvalue weighted by Crippen LogP contribution is -1.86. The minimum atomic E-state index is 0.0771. The fourth-order valence-electron chi connectivity index (χ4n) is 0.592. The summed E-state index contributed by atoms with van der Waals surface area (Å²) in [6, 6.07) is 0. The average molecular weight is 363 g/mol. The molecule has 0 saturated carbocycles. The molecular formula is C6H3Br3OS. The summed E-state index contributed by atoms with van der Waals surface area (Å²) < 4.78 is 2.68. The highest BCUT2D eigenvalue weighted by atomic mass is 79.9. The van der Waals surface area contributed by atoms with Gasteiger partial charge in [0, 0.05) is 0 Å². The van der Waals surface area contributed by atoms with Crippen molar-refractivity contribution in [2.75, 3.05) is 0 Å². The van der Waals surface area contributed by atoms with Crippen molar-refractivity contribution in [2.45, 2.75) is 6.92 Å². The van der Waals surface area contributed by atoms with Crippen molar-refractivity contribution in [3.63, 3.8) is 0 Å². The van der Waals surface area contributed by atoms with Crippen LogP contribution in [0.15, 0.2) is 12.7 Å². The lowest BCUT2D eigenvalue weighted by atomic mass is 10.4. The van der Waals surface area contributed by atoms with Crippen LogP contribution in [0.1, 0.15) is 16.6 Å². The number of thiophene rings is 1. The largest absolute Gasteiger partial charge is 0.294 e. The summed E-state index contributed by atoms with van der Waals surface area (Å²) >= 11 is 11.4. The Kier molecular flexibility index (Phi) is 3.31. The topological polar surface area (TPSA) is 17.1 Å². The van der Waals surface area contributed by atoms with Gasteiger partial charge in [-0.25, -0.2) is 0 Å². The molecule has 0 bridgehead atoms. The van der Waals surface area contributed by atoms with Crippen molar-refractivity contribution >= 4 is 64.9 Å². The number of hydrogen-bond acceptors (Lipinski definition) is 2. The highest BCUT2D eigenvalue weighted by Gasteiger charge is 2.14. The Bertz CT molecular complexity index is 305. The van der Waals surface area contributed by atoms with Crippen molar-refractivity contribution in [1.82, 2.24) is 0 Å². The first-order chi connectivity index (χ1) is 5.04. The van der Waals surface area contributed by atoms with Gasteiger partial charge in [0.15, 0.2) is 5.78 Å². The number of ketones is 1. The van der Waals surface area contributed by atoms with Gasteiger partial charge in [0.05, 0.1) is 17.6 Å². The van der Waals surface area contributed by atoms with E-state index in [9.17, 15) is 4.79 Å². The van der Waals surface area contributed by atoms with E-state index in [0.29, 0.717) is 0 Å². The van der Waals surface area contributed by atoms with Crippen molar-refractivity contribution in [2.24, 2.45) is 0 Å². The zero-order valence-electron chi connectivity index (χ0n) is 5.45. The van der Waals surface area contributed by atoms with Crippen LogP contribution in [0.5, 0.6) is 0 Å². The fourth-order valence-corrected chi connectivity index (χ4v) is 3.67. The Labute approximate surface area is 93.6 Å². The zero-order chi connectivity index (χ0) is 8.59. The molecule has 11 heavy (non-hydrogen) atoms. The molecule has 1 rings (SSSR count). The van der Waals surface area contributed by atoms with Gasteiger partial charge in [-0.15, -0.1) is 11.3 Å². The van der Waals surface area contributed by atoms with Gasteiger partial charge in [-0.1, -0.05) is 0 Å². The molecule has 1 heterocycles. The summed E-state index contributed by atoms with van der Waals surface area (Å²) in [4.78, 5) is 11.7.